The molecule has 3 aliphatic heterocycles. The van der Waals surface area contributed by atoms with E-state index in [0.29, 0.717) is 24.4 Å². The zero-order valence-corrected chi connectivity index (χ0v) is 23.4. The van der Waals surface area contributed by atoms with Crippen molar-refractivity contribution in [3.05, 3.63) is 40.1 Å². The molecule has 40 heavy (non-hydrogen) atoms. The minimum Gasteiger partial charge on any atom is -0.475 e. The minimum absolute atomic E-state index is 0.00898. The lowest BCUT2D eigenvalue weighted by atomic mass is 9.90. The molecule has 3 fully saturated rings. The molecule has 0 aliphatic carbocycles. The number of nitrogens with zero attached hydrogens (tertiary/aromatic N) is 7. The van der Waals surface area contributed by atoms with Crippen molar-refractivity contribution < 1.29 is 27.9 Å². The van der Waals surface area contributed by atoms with Crippen molar-refractivity contribution in [2.24, 2.45) is 19.5 Å². The van der Waals surface area contributed by atoms with Gasteiger partial charge in [-0.2, -0.15) is 18.3 Å². The Kier molecular flexibility index (Phi) is 7.50. The van der Waals surface area contributed by atoms with Crippen LogP contribution < -0.4 is 10.6 Å². The number of aliphatic carboxylic acids is 1. The number of amides is 1. The first-order valence-corrected chi connectivity index (χ1v) is 12.9. The van der Waals surface area contributed by atoms with Crippen LogP contribution in [-0.4, -0.2) is 77.1 Å². The number of aromatic nitrogens is 5. The smallest absolute Gasteiger partial charge is 0.475 e. The van der Waals surface area contributed by atoms with E-state index in [4.69, 9.17) is 14.9 Å². The first-order chi connectivity index (χ1) is 18.5. The number of alkyl halides is 3. The maximum absolute atomic E-state index is 13.1. The summed E-state index contributed by atoms with van der Waals surface area (Å²) in [6, 6.07) is 6.25. The van der Waals surface area contributed by atoms with Gasteiger partial charge in [0.25, 0.3) is 5.91 Å². The van der Waals surface area contributed by atoms with Crippen molar-refractivity contribution in [2.45, 2.75) is 65.3 Å². The fraction of sp³-hybridized carbons (Fsp3) is 0.577. The van der Waals surface area contributed by atoms with E-state index < -0.39 is 12.1 Å². The van der Waals surface area contributed by atoms with Crippen LogP contribution in [0.25, 0.3) is 11.2 Å². The number of hydrogen-bond donors (Lipinski definition) is 1. The van der Waals surface area contributed by atoms with Gasteiger partial charge in [0, 0.05) is 51.5 Å². The quantitative estimate of drug-likeness (QED) is 0.519. The third-order valence-corrected chi connectivity index (χ3v) is 7.26. The number of imidazole rings is 1. The summed E-state index contributed by atoms with van der Waals surface area (Å²) in [7, 11) is 3.65. The molecule has 3 saturated heterocycles. The number of pyridine rings is 1. The predicted octanol–water partition coefficient (Wildman–Crippen LogP) is 2.95. The highest BCUT2D eigenvalue weighted by molar-refractivity contribution is 5.93. The summed E-state index contributed by atoms with van der Waals surface area (Å²) < 4.78 is 37.0. The Hall–Kier alpha value is -3.84. The van der Waals surface area contributed by atoms with Gasteiger partial charge in [-0.1, -0.05) is 20.8 Å². The topological polar surface area (TPSA) is 118 Å². The lowest BCUT2D eigenvalue weighted by molar-refractivity contribution is -0.192. The van der Waals surface area contributed by atoms with Crippen LogP contribution in [0.4, 0.5) is 19.0 Å². The fourth-order valence-corrected chi connectivity index (χ4v) is 5.22. The second-order valence-electron chi connectivity index (χ2n) is 11.6. The fourth-order valence-electron chi connectivity index (χ4n) is 5.22. The molecular weight excluding hydrogens is 531 g/mol. The highest BCUT2D eigenvalue weighted by atomic mass is 19.4. The third-order valence-electron chi connectivity index (χ3n) is 7.26. The molecule has 6 rings (SSSR count). The highest BCUT2D eigenvalue weighted by Gasteiger charge is 2.42. The van der Waals surface area contributed by atoms with E-state index in [9.17, 15) is 22.8 Å². The van der Waals surface area contributed by atoms with Crippen LogP contribution in [0.3, 0.4) is 0 Å². The second-order valence-corrected chi connectivity index (χ2v) is 11.6. The molecule has 0 radical (unpaired) electrons. The number of aryl methyl sites for hydroxylation is 3. The van der Waals surface area contributed by atoms with Crippen molar-refractivity contribution in [1.29, 1.82) is 0 Å². The van der Waals surface area contributed by atoms with E-state index in [1.165, 1.54) is 0 Å². The summed E-state index contributed by atoms with van der Waals surface area (Å²) in [6.45, 7) is 10.4. The van der Waals surface area contributed by atoms with Gasteiger partial charge in [0.05, 0.1) is 5.52 Å². The molecule has 1 N–H and O–H groups in total. The number of carbonyl (C=O) groups excluding carboxylic acids is 1. The lowest BCUT2D eigenvalue weighted by Crippen LogP contribution is -2.64. The molecule has 0 saturated carbocycles. The van der Waals surface area contributed by atoms with Gasteiger partial charge in [-0.05, 0) is 43.4 Å². The molecule has 14 heteroatoms. The zero-order chi connectivity index (χ0) is 29.7. The van der Waals surface area contributed by atoms with Crippen LogP contribution in [0, 0.1) is 12.3 Å². The standard InChI is InChI=1S/C24H33N7O2.C2HF3O2/c1-15-11-18(26-28(15)6)22(32)30-13-16-7-8-17(30)12-29(16)20-10-9-19-21(25-20)27(5)23(33)31(19)14-24(2,3)4;3-2(4,5)1(6)7/h9-11,16-17H,7-8,12-14H2,1-6H3;(H,6,7). The number of fused-ring (bicyclic) bond motifs is 4. The molecule has 1 amide bonds. The largest absolute Gasteiger partial charge is 0.490 e. The van der Waals surface area contributed by atoms with E-state index >= 15 is 0 Å². The molecule has 3 aliphatic rings. The molecular formula is C26H34F3N7O4. The monoisotopic (exact) mass is 565 g/mol. The normalized spacial score (nSPS) is 19.1. The molecule has 3 aromatic heterocycles. The molecule has 0 spiro atoms. The number of piperidine rings is 2. The number of anilines is 1. The van der Waals surface area contributed by atoms with E-state index in [1.54, 1.807) is 16.3 Å². The molecule has 218 valence electrons. The number of carbonyl (C=O) groups is 2. The van der Waals surface area contributed by atoms with Crippen molar-refractivity contribution >= 4 is 28.9 Å². The molecule has 6 heterocycles. The molecule has 3 aromatic rings. The Morgan fingerprint density at radius 1 is 1.07 bits per heavy atom. The van der Waals surface area contributed by atoms with Gasteiger partial charge in [-0.3, -0.25) is 18.6 Å². The van der Waals surface area contributed by atoms with E-state index in [0.717, 1.165) is 36.4 Å². The van der Waals surface area contributed by atoms with Gasteiger partial charge in [0.15, 0.2) is 11.3 Å². The lowest BCUT2D eigenvalue weighted by Gasteiger charge is -2.51. The molecule has 2 atom stereocenters. The van der Waals surface area contributed by atoms with Gasteiger partial charge in [0.1, 0.15) is 5.82 Å². The number of piperazine rings is 1. The summed E-state index contributed by atoms with van der Waals surface area (Å²) in [5, 5.41) is 11.5. The molecule has 2 unspecified atom stereocenters. The number of rotatable bonds is 3. The Morgan fingerprint density at radius 2 is 1.70 bits per heavy atom. The van der Waals surface area contributed by atoms with E-state index in [1.807, 2.05) is 41.6 Å². The third kappa shape index (κ3) is 5.70. The zero-order valence-electron chi connectivity index (χ0n) is 23.4. The van der Waals surface area contributed by atoms with Crippen molar-refractivity contribution in [1.82, 2.24) is 28.8 Å². The van der Waals surface area contributed by atoms with Crippen LogP contribution in [-0.2, 0) is 25.4 Å². The molecule has 11 nitrogen and oxygen atoms in total. The minimum atomic E-state index is -5.08. The first-order valence-electron chi connectivity index (χ1n) is 12.9. The van der Waals surface area contributed by atoms with E-state index in [2.05, 4.69) is 30.8 Å². The second kappa shape index (κ2) is 10.3. The maximum Gasteiger partial charge on any atom is 0.490 e. The van der Waals surface area contributed by atoms with Gasteiger partial charge >= 0.3 is 17.8 Å². The van der Waals surface area contributed by atoms with Gasteiger partial charge < -0.3 is 14.9 Å². The average Bonchev–Trinajstić information content (AvgIpc) is 3.33. The Morgan fingerprint density at radius 3 is 2.20 bits per heavy atom. The summed E-state index contributed by atoms with van der Waals surface area (Å²) in [4.78, 5) is 44.1. The van der Waals surface area contributed by atoms with E-state index in [-0.39, 0.29) is 29.1 Å². The van der Waals surface area contributed by atoms with Crippen LogP contribution in [0.2, 0.25) is 0 Å². The Balaban J connectivity index is 0.000000470. The summed E-state index contributed by atoms with van der Waals surface area (Å²) >= 11 is 0. The summed E-state index contributed by atoms with van der Waals surface area (Å²) in [5.41, 5.74) is 3.02. The van der Waals surface area contributed by atoms with Gasteiger partial charge in [-0.15, -0.1) is 0 Å². The highest BCUT2D eigenvalue weighted by Crippen LogP contribution is 2.33. The van der Waals surface area contributed by atoms with Crippen LogP contribution in [0.1, 0.15) is 49.8 Å². The summed E-state index contributed by atoms with van der Waals surface area (Å²) in [5.74, 6) is -1.87. The van der Waals surface area contributed by atoms with Gasteiger partial charge in [0.2, 0.25) is 0 Å². The first kappa shape index (κ1) is 29.2. The van der Waals surface area contributed by atoms with Crippen molar-refractivity contribution in [3.8, 4) is 0 Å². The van der Waals surface area contributed by atoms with Crippen LogP contribution in [0.15, 0.2) is 23.0 Å². The van der Waals surface area contributed by atoms with Crippen LogP contribution >= 0.6 is 0 Å². The SMILES string of the molecule is Cc1cc(C(=O)N2CC3CCC2CN3c2ccc3c(n2)n(C)c(=O)n3CC(C)(C)C)nn1C.O=C(O)C(F)(F)F. The number of carboxylic acids is 1. The average molecular weight is 566 g/mol. The summed E-state index contributed by atoms with van der Waals surface area (Å²) in [6.07, 6.45) is -3.07. The Bertz CT molecular complexity index is 1480. The molecule has 2 bridgehead atoms. The predicted molar refractivity (Wildman–Crippen MR) is 141 cm³/mol. The van der Waals surface area contributed by atoms with Crippen LogP contribution in [0.5, 0.6) is 0 Å². The van der Waals surface area contributed by atoms with Gasteiger partial charge in [-0.25, -0.2) is 14.6 Å². The number of carboxylic acid groups (broad SMARTS) is 1. The maximum atomic E-state index is 13.1. The number of hydrogen-bond acceptors (Lipinski definition) is 6. The van der Waals surface area contributed by atoms with Crippen molar-refractivity contribution in [2.75, 3.05) is 18.0 Å². The van der Waals surface area contributed by atoms with Crippen molar-refractivity contribution in [3.63, 3.8) is 0 Å². The number of halogens is 3. The molecule has 0 aromatic carbocycles. The Labute approximate surface area is 228 Å².